The molecule has 0 spiro atoms. The molecule has 0 unspecified atom stereocenters. The first-order valence-electron chi connectivity index (χ1n) is 9.15. The molecule has 23 heavy (non-hydrogen) atoms. The summed E-state index contributed by atoms with van der Waals surface area (Å²) in [5.74, 6) is 1.79. The summed E-state index contributed by atoms with van der Waals surface area (Å²) >= 11 is 0. The lowest BCUT2D eigenvalue weighted by atomic mass is 10.1. The van der Waals surface area contributed by atoms with E-state index < -0.39 is 0 Å². The van der Waals surface area contributed by atoms with Gasteiger partial charge >= 0.3 is 0 Å². The van der Waals surface area contributed by atoms with Crippen LogP contribution in [0.4, 0.5) is 0 Å². The van der Waals surface area contributed by atoms with Gasteiger partial charge in [0.05, 0.1) is 13.2 Å². The third-order valence-electron chi connectivity index (χ3n) is 4.13. The highest BCUT2D eigenvalue weighted by Crippen LogP contribution is 2.29. The number of hydrogen-bond acceptors (Lipinski definition) is 4. The fraction of sp³-hybridized carbons (Fsp3) is 0.684. The van der Waals surface area contributed by atoms with Gasteiger partial charge in [-0.15, -0.1) is 0 Å². The van der Waals surface area contributed by atoms with Gasteiger partial charge < -0.3 is 14.8 Å². The number of nitrogens with one attached hydrogen (secondary N) is 1. The van der Waals surface area contributed by atoms with Crippen molar-refractivity contribution in [2.45, 2.75) is 46.1 Å². The van der Waals surface area contributed by atoms with Gasteiger partial charge in [-0.2, -0.15) is 0 Å². The zero-order valence-electron chi connectivity index (χ0n) is 14.8. The first-order valence-corrected chi connectivity index (χ1v) is 9.15. The second-order valence-corrected chi connectivity index (χ2v) is 6.21. The average Bonchev–Trinajstić information content (AvgIpc) is 2.58. The molecule has 0 aliphatic carbocycles. The van der Waals surface area contributed by atoms with Crippen LogP contribution in [0.1, 0.15) is 45.1 Å². The summed E-state index contributed by atoms with van der Waals surface area (Å²) in [6.45, 7) is 11.3. The molecular weight excluding hydrogens is 288 g/mol. The Labute approximate surface area is 141 Å². The molecule has 0 radical (unpaired) electrons. The highest BCUT2D eigenvalue weighted by molar-refractivity contribution is 5.43. The largest absolute Gasteiger partial charge is 0.490 e. The van der Waals surface area contributed by atoms with Gasteiger partial charge in [0.1, 0.15) is 0 Å². The number of benzene rings is 1. The number of rotatable bonds is 10. The predicted octanol–water partition coefficient (Wildman–Crippen LogP) is 3.45. The number of ether oxygens (including phenoxy) is 2. The van der Waals surface area contributed by atoms with Crippen molar-refractivity contribution in [1.82, 2.24) is 10.2 Å². The third kappa shape index (κ3) is 6.40. The summed E-state index contributed by atoms with van der Waals surface area (Å²) < 4.78 is 11.9. The van der Waals surface area contributed by atoms with E-state index in [9.17, 15) is 0 Å². The molecule has 0 bridgehead atoms. The minimum absolute atomic E-state index is 0.762. The van der Waals surface area contributed by atoms with Crippen LogP contribution in [-0.4, -0.2) is 44.3 Å². The van der Waals surface area contributed by atoms with Crippen LogP contribution in [0, 0.1) is 0 Å². The van der Waals surface area contributed by atoms with Gasteiger partial charge in [0.25, 0.3) is 0 Å². The lowest BCUT2D eigenvalue weighted by Gasteiger charge is -2.27. The molecule has 1 aromatic carbocycles. The molecule has 1 fully saturated rings. The second kappa shape index (κ2) is 10.5. The minimum Gasteiger partial charge on any atom is -0.490 e. The SMILES string of the molecule is CCCCOc1ccc(CN2CCNCC2)cc1OCCCC. The second-order valence-electron chi connectivity index (χ2n) is 6.21. The van der Waals surface area contributed by atoms with Gasteiger partial charge in [0.15, 0.2) is 11.5 Å². The Morgan fingerprint density at radius 1 is 0.957 bits per heavy atom. The van der Waals surface area contributed by atoms with Crippen LogP contribution in [-0.2, 0) is 6.54 Å². The van der Waals surface area contributed by atoms with Gasteiger partial charge in [0, 0.05) is 32.7 Å². The van der Waals surface area contributed by atoms with E-state index in [-0.39, 0.29) is 0 Å². The molecule has 1 aliphatic rings. The molecule has 2 rings (SSSR count). The van der Waals surface area contributed by atoms with Gasteiger partial charge in [-0.05, 0) is 30.5 Å². The molecule has 1 N–H and O–H groups in total. The fourth-order valence-electron chi connectivity index (χ4n) is 2.66. The number of nitrogens with zero attached hydrogens (tertiary/aromatic N) is 1. The minimum atomic E-state index is 0.762. The summed E-state index contributed by atoms with van der Waals surface area (Å²) in [6, 6.07) is 6.42. The van der Waals surface area contributed by atoms with Gasteiger partial charge in [0.2, 0.25) is 0 Å². The van der Waals surface area contributed by atoms with Crippen molar-refractivity contribution in [3.8, 4) is 11.5 Å². The Morgan fingerprint density at radius 3 is 2.26 bits per heavy atom. The van der Waals surface area contributed by atoms with Crippen LogP contribution in [0.3, 0.4) is 0 Å². The maximum Gasteiger partial charge on any atom is 0.161 e. The number of hydrogen-bond donors (Lipinski definition) is 1. The molecule has 4 heteroatoms. The summed E-state index contributed by atoms with van der Waals surface area (Å²) in [5, 5.41) is 3.40. The highest BCUT2D eigenvalue weighted by atomic mass is 16.5. The van der Waals surface area contributed by atoms with Gasteiger partial charge in [-0.1, -0.05) is 32.8 Å². The maximum absolute atomic E-state index is 5.98. The summed E-state index contributed by atoms with van der Waals surface area (Å²) in [5.41, 5.74) is 1.31. The lowest BCUT2D eigenvalue weighted by Crippen LogP contribution is -2.42. The van der Waals surface area contributed by atoms with E-state index in [1.54, 1.807) is 0 Å². The first-order chi connectivity index (χ1) is 11.3. The van der Waals surface area contributed by atoms with Crippen molar-refractivity contribution >= 4 is 0 Å². The third-order valence-corrected chi connectivity index (χ3v) is 4.13. The van der Waals surface area contributed by atoms with Crippen LogP contribution >= 0.6 is 0 Å². The zero-order chi connectivity index (χ0) is 16.3. The molecule has 0 saturated carbocycles. The number of unbranched alkanes of at least 4 members (excludes halogenated alkanes) is 2. The molecule has 0 amide bonds. The first kappa shape index (κ1) is 18.1. The Bertz CT molecular complexity index is 445. The van der Waals surface area contributed by atoms with Crippen molar-refractivity contribution in [3.63, 3.8) is 0 Å². The molecular formula is C19H32N2O2. The van der Waals surface area contributed by atoms with Crippen molar-refractivity contribution in [2.75, 3.05) is 39.4 Å². The molecule has 1 aromatic rings. The zero-order valence-corrected chi connectivity index (χ0v) is 14.8. The van der Waals surface area contributed by atoms with E-state index in [1.165, 1.54) is 5.56 Å². The van der Waals surface area contributed by atoms with E-state index >= 15 is 0 Å². The predicted molar refractivity (Wildman–Crippen MR) is 95.4 cm³/mol. The van der Waals surface area contributed by atoms with Gasteiger partial charge in [-0.25, -0.2) is 0 Å². The molecule has 0 atom stereocenters. The highest BCUT2D eigenvalue weighted by Gasteiger charge is 2.12. The number of piperazine rings is 1. The topological polar surface area (TPSA) is 33.7 Å². The smallest absolute Gasteiger partial charge is 0.161 e. The Kier molecular flexibility index (Phi) is 8.26. The molecule has 4 nitrogen and oxygen atoms in total. The normalized spacial score (nSPS) is 15.6. The fourth-order valence-corrected chi connectivity index (χ4v) is 2.66. The summed E-state index contributed by atoms with van der Waals surface area (Å²) in [6.07, 6.45) is 4.45. The van der Waals surface area contributed by atoms with E-state index in [2.05, 4.69) is 42.3 Å². The van der Waals surface area contributed by atoms with Crippen LogP contribution in [0.2, 0.25) is 0 Å². The Morgan fingerprint density at radius 2 is 1.61 bits per heavy atom. The molecule has 1 aliphatic heterocycles. The van der Waals surface area contributed by atoms with Crippen molar-refractivity contribution < 1.29 is 9.47 Å². The molecule has 1 saturated heterocycles. The van der Waals surface area contributed by atoms with Crippen LogP contribution in [0.25, 0.3) is 0 Å². The van der Waals surface area contributed by atoms with Crippen LogP contribution in [0.15, 0.2) is 18.2 Å². The maximum atomic E-state index is 5.98. The summed E-state index contributed by atoms with van der Waals surface area (Å²) in [7, 11) is 0. The molecule has 0 aromatic heterocycles. The monoisotopic (exact) mass is 320 g/mol. The Balaban J connectivity index is 1.99. The molecule has 130 valence electrons. The van der Waals surface area contributed by atoms with Crippen molar-refractivity contribution in [2.24, 2.45) is 0 Å². The molecule has 1 heterocycles. The van der Waals surface area contributed by atoms with Crippen LogP contribution < -0.4 is 14.8 Å². The Hall–Kier alpha value is -1.26. The van der Waals surface area contributed by atoms with E-state index in [0.29, 0.717) is 0 Å². The average molecular weight is 320 g/mol. The van der Waals surface area contributed by atoms with Crippen LogP contribution in [0.5, 0.6) is 11.5 Å². The van der Waals surface area contributed by atoms with Gasteiger partial charge in [-0.3, -0.25) is 4.90 Å². The summed E-state index contributed by atoms with van der Waals surface area (Å²) in [4.78, 5) is 2.49. The van der Waals surface area contributed by atoms with E-state index in [4.69, 9.17) is 9.47 Å². The van der Waals surface area contributed by atoms with Crippen molar-refractivity contribution in [3.05, 3.63) is 23.8 Å². The quantitative estimate of drug-likeness (QED) is 0.670. The van der Waals surface area contributed by atoms with Crippen molar-refractivity contribution in [1.29, 1.82) is 0 Å². The van der Waals surface area contributed by atoms with E-state index in [0.717, 1.165) is 83.1 Å². The standard InChI is InChI=1S/C19H32N2O2/c1-3-5-13-22-18-8-7-17(15-19(18)23-14-6-4-2)16-21-11-9-20-10-12-21/h7-8,15,20H,3-6,9-14,16H2,1-2H3. The lowest BCUT2D eigenvalue weighted by molar-refractivity contribution is 0.231. The van der Waals surface area contributed by atoms with E-state index in [1.807, 2.05) is 0 Å².